The third-order valence-corrected chi connectivity index (χ3v) is 4.85. The number of hydrazone groups is 1. The van der Waals surface area contributed by atoms with Gasteiger partial charge in [-0.3, -0.25) is 9.78 Å². The predicted molar refractivity (Wildman–Crippen MR) is 100 cm³/mol. The molecule has 0 aliphatic heterocycles. The van der Waals surface area contributed by atoms with Gasteiger partial charge in [0.2, 0.25) is 0 Å². The summed E-state index contributed by atoms with van der Waals surface area (Å²) >= 11 is 7.42. The van der Waals surface area contributed by atoms with Crippen LogP contribution < -0.4 is 5.43 Å². The number of hydrogen-bond donors (Lipinski definition) is 1. The van der Waals surface area contributed by atoms with E-state index in [2.05, 4.69) is 15.5 Å². The number of nitrogens with zero attached hydrogens (tertiary/aromatic N) is 2. The first-order valence-electron chi connectivity index (χ1n) is 7.57. The molecule has 1 N–H and O–H groups in total. The van der Waals surface area contributed by atoms with Crippen LogP contribution in [0.15, 0.2) is 47.6 Å². The molecule has 0 spiro atoms. The summed E-state index contributed by atoms with van der Waals surface area (Å²) in [5.41, 5.74) is 5.63. The Morgan fingerprint density at radius 1 is 1.29 bits per heavy atom. The van der Waals surface area contributed by atoms with E-state index >= 15 is 0 Å². The van der Waals surface area contributed by atoms with Gasteiger partial charge < -0.3 is 0 Å². The van der Waals surface area contributed by atoms with Crippen molar-refractivity contribution in [1.82, 2.24) is 10.4 Å². The van der Waals surface area contributed by atoms with Crippen molar-refractivity contribution < 1.29 is 4.79 Å². The van der Waals surface area contributed by atoms with Gasteiger partial charge in [0.15, 0.2) is 0 Å². The molecule has 122 valence electrons. The Bertz CT molecular complexity index is 933. The summed E-state index contributed by atoms with van der Waals surface area (Å²) < 4.78 is 0.702. The van der Waals surface area contributed by atoms with Gasteiger partial charge in [0.25, 0.3) is 5.91 Å². The summed E-state index contributed by atoms with van der Waals surface area (Å²) in [5.74, 6) is -0.245. The fourth-order valence-electron chi connectivity index (χ4n) is 2.45. The molecular formula is C18H16ClN3OS. The fraction of sp³-hybridized carbons (Fsp3) is 0.167. The van der Waals surface area contributed by atoms with E-state index in [-0.39, 0.29) is 5.91 Å². The lowest BCUT2D eigenvalue weighted by Gasteiger charge is -2.07. The summed E-state index contributed by atoms with van der Waals surface area (Å²) in [5, 5.41) is 5.10. The largest absolute Gasteiger partial charge is 0.272 e. The van der Waals surface area contributed by atoms with Gasteiger partial charge in [0.05, 0.1) is 26.0 Å². The number of pyridine rings is 1. The number of amides is 1. The molecule has 0 bridgehead atoms. The first-order chi connectivity index (χ1) is 11.6. The van der Waals surface area contributed by atoms with Crippen LogP contribution in [0.2, 0.25) is 4.34 Å². The minimum absolute atomic E-state index is 0.245. The first-order valence-corrected chi connectivity index (χ1v) is 8.77. The van der Waals surface area contributed by atoms with Crippen LogP contribution >= 0.6 is 22.9 Å². The summed E-state index contributed by atoms with van der Waals surface area (Å²) in [6.45, 7) is 3.86. The lowest BCUT2D eigenvalue weighted by Crippen LogP contribution is -2.20. The molecule has 0 radical (unpaired) electrons. The molecule has 0 unspecified atom stereocenters. The van der Waals surface area contributed by atoms with Crippen molar-refractivity contribution in [1.29, 1.82) is 0 Å². The monoisotopic (exact) mass is 357 g/mol. The lowest BCUT2D eigenvalue weighted by atomic mass is 10.1. The summed E-state index contributed by atoms with van der Waals surface area (Å²) in [4.78, 5) is 18.0. The van der Waals surface area contributed by atoms with E-state index in [1.807, 2.05) is 50.2 Å². The number of fused-ring (bicyclic) bond motifs is 1. The van der Waals surface area contributed by atoms with Crippen LogP contribution in [-0.4, -0.2) is 16.6 Å². The van der Waals surface area contributed by atoms with Gasteiger partial charge in [0.1, 0.15) is 0 Å². The summed E-state index contributed by atoms with van der Waals surface area (Å²) in [7, 11) is 0. The van der Waals surface area contributed by atoms with Crippen LogP contribution in [0, 0.1) is 6.92 Å². The molecule has 2 aromatic heterocycles. The number of aryl methyl sites for hydroxylation is 1. The number of benzene rings is 1. The number of aromatic nitrogens is 1. The Labute approximate surface area is 149 Å². The molecule has 2 heterocycles. The molecule has 0 atom stereocenters. The van der Waals surface area contributed by atoms with E-state index in [4.69, 9.17) is 11.6 Å². The molecule has 1 amide bonds. The van der Waals surface area contributed by atoms with Crippen LogP contribution in [0.5, 0.6) is 0 Å². The minimum atomic E-state index is -0.245. The number of para-hydroxylation sites is 1. The molecule has 3 aromatic rings. The van der Waals surface area contributed by atoms with Crippen LogP contribution in [0.1, 0.15) is 34.3 Å². The smallest absolute Gasteiger partial charge is 0.267 e. The van der Waals surface area contributed by atoms with Crippen LogP contribution in [0.25, 0.3) is 10.9 Å². The Hall–Kier alpha value is -2.24. The van der Waals surface area contributed by atoms with Crippen molar-refractivity contribution in [2.45, 2.75) is 20.3 Å². The SMILES string of the molecule is CC/C(=N\NC(=O)c1cc(C)nc2ccccc12)c1ccc(Cl)s1. The number of carbonyl (C=O) groups excluding carboxylic acids is 1. The molecule has 1 aromatic carbocycles. The zero-order chi connectivity index (χ0) is 17.1. The van der Waals surface area contributed by atoms with Crippen molar-refractivity contribution in [3.8, 4) is 0 Å². The van der Waals surface area contributed by atoms with Crippen molar-refractivity contribution in [3.05, 3.63) is 62.9 Å². The number of halogens is 1. The molecule has 0 saturated carbocycles. The highest BCUT2D eigenvalue weighted by molar-refractivity contribution is 7.18. The molecule has 24 heavy (non-hydrogen) atoms. The highest BCUT2D eigenvalue weighted by Crippen LogP contribution is 2.23. The zero-order valence-electron chi connectivity index (χ0n) is 13.3. The number of nitrogens with one attached hydrogen (secondary N) is 1. The third kappa shape index (κ3) is 3.47. The minimum Gasteiger partial charge on any atom is -0.267 e. The second-order valence-electron chi connectivity index (χ2n) is 5.29. The average Bonchev–Trinajstić information content (AvgIpc) is 3.00. The number of carbonyl (C=O) groups is 1. The van der Waals surface area contributed by atoms with E-state index in [0.29, 0.717) is 16.3 Å². The number of thiophene rings is 1. The number of hydrogen-bond acceptors (Lipinski definition) is 4. The Morgan fingerprint density at radius 3 is 2.79 bits per heavy atom. The van der Waals surface area contributed by atoms with Crippen LogP contribution in [-0.2, 0) is 0 Å². The molecule has 0 aliphatic rings. The zero-order valence-corrected chi connectivity index (χ0v) is 14.9. The maximum atomic E-state index is 12.6. The van der Waals surface area contributed by atoms with Gasteiger partial charge in [-0.05, 0) is 37.6 Å². The van der Waals surface area contributed by atoms with E-state index in [9.17, 15) is 4.79 Å². The second-order valence-corrected chi connectivity index (χ2v) is 7.00. The predicted octanol–water partition coefficient (Wildman–Crippen LogP) is 4.80. The molecule has 0 saturated heterocycles. The van der Waals surface area contributed by atoms with Crippen molar-refractivity contribution in [2.75, 3.05) is 0 Å². The van der Waals surface area contributed by atoms with E-state index in [1.165, 1.54) is 11.3 Å². The quantitative estimate of drug-likeness (QED) is 0.538. The van der Waals surface area contributed by atoms with Crippen LogP contribution in [0.3, 0.4) is 0 Å². The van der Waals surface area contributed by atoms with Crippen LogP contribution in [0.4, 0.5) is 0 Å². The standard InChI is InChI=1S/C18H16ClN3OS/c1-3-14(16-8-9-17(19)24-16)21-22-18(23)13-10-11(2)20-15-7-5-4-6-12(13)15/h4-10H,3H2,1-2H3,(H,22,23)/b21-14+. The van der Waals surface area contributed by atoms with Gasteiger partial charge >= 0.3 is 0 Å². The van der Waals surface area contributed by atoms with E-state index in [0.717, 1.165) is 27.2 Å². The summed E-state index contributed by atoms with van der Waals surface area (Å²) in [6.07, 6.45) is 0.702. The average molecular weight is 358 g/mol. The van der Waals surface area contributed by atoms with E-state index < -0.39 is 0 Å². The van der Waals surface area contributed by atoms with E-state index in [1.54, 1.807) is 6.07 Å². The maximum Gasteiger partial charge on any atom is 0.272 e. The molecule has 3 rings (SSSR count). The van der Waals surface area contributed by atoms with Gasteiger partial charge in [-0.25, -0.2) is 5.43 Å². The molecular weight excluding hydrogens is 342 g/mol. The molecule has 4 nitrogen and oxygen atoms in total. The van der Waals surface area contributed by atoms with Crippen molar-refractivity contribution in [3.63, 3.8) is 0 Å². The van der Waals surface area contributed by atoms with Crippen molar-refractivity contribution in [2.24, 2.45) is 5.10 Å². The molecule has 0 fully saturated rings. The highest BCUT2D eigenvalue weighted by Gasteiger charge is 2.12. The highest BCUT2D eigenvalue weighted by atomic mass is 35.5. The van der Waals surface area contributed by atoms with Gasteiger partial charge in [-0.1, -0.05) is 36.7 Å². The maximum absolute atomic E-state index is 12.6. The summed E-state index contributed by atoms with van der Waals surface area (Å²) in [6, 6.07) is 13.1. The first kappa shape index (κ1) is 16.6. The Morgan fingerprint density at radius 2 is 2.08 bits per heavy atom. The third-order valence-electron chi connectivity index (χ3n) is 3.57. The number of rotatable bonds is 4. The van der Waals surface area contributed by atoms with Gasteiger partial charge in [0, 0.05) is 11.1 Å². The topological polar surface area (TPSA) is 54.4 Å². The lowest BCUT2D eigenvalue weighted by molar-refractivity contribution is 0.0956. The Balaban J connectivity index is 1.91. The van der Waals surface area contributed by atoms with Gasteiger partial charge in [-0.15, -0.1) is 11.3 Å². The Kier molecular flexibility index (Phi) is 4.92. The van der Waals surface area contributed by atoms with Gasteiger partial charge in [-0.2, -0.15) is 5.10 Å². The molecule has 0 aliphatic carbocycles. The van der Waals surface area contributed by atoms with Crippen molar-refractivity contribution >= 4 is 45.5 Å². The normalized spacial score (nSPS) is 11.7. The molecule has 6 heteroatoms. The fourth-order valence-corrected chi connectivity index (χ4v) is 3.55. The second kappa shape index (κ2) is 7.11.